The molecule has 1 aromatic carbocycles. The zero-order valence-corrected chi connectivity index (χ0v) is 18.9. The third kappa shape index (κ3) is 5.71. The van der Waals surface area contributed by atoms with Crippen molar-refractivity contribution in [3.63, 3.8) is 0 Å². The zero-order valence-electron chi connectivity index (χ0n) is 16.5. The molecule has 3 rings (SSSR count). The van der Waals surface area contributed by atoms with Crippen molar-refractivity contribution >= 4 is 29.9 Å². The van der Waals surface area contributed by atoms with Crippen LogP contribution >= 0.6 is 24.0 Å². The molecule has 7 heteroatoms. The number of halogens is 1. The lowest BCUT2D eigenvalue weighted by molar-refractivity contribution is -0.0817. The number of guanidine groups is 1. The van der Waals surface area contributed by atoms with Crippen LogP contribution in [0, 0.1) is 13.8 Å². The van der Waals surface area contributed by atoms with E-state index in [1.807, 2.05) is 26.0 Å². The number of phenolic OH excluding ortho intramolecular Hbond substituents is 1. The summed E-state index contributed by atoms with van der Waals surface area (Å²) in [5, 5.41) is 13.4. The summed E-state index contributed by atoms with van der Waals surface area (Å²) in [6.45, 7) is 10.5. The second-order valence-electron chi connectivity index (χ2n) is 7.16. The Morgan fingerprint density at radius 1 is 1.22 bits per heavy atom. The van der Waals surface area contributed by atoms with Gasteiger partial charge in [0, 0.05) is 26.2 Å². The first kappa shape index (κ1) is 22.2. The molecule has 2 fully saturated rings. The molecule has 2 heterocycles. The van der Waals surface area contributed by atoms with Gasteiger partial charge in [-0.05, 0) is 50.3 Å². The van der Waals surface area contributed by atoms with Crippen LogP contribution in [0.15, 0.2) is 17.1 Å². The Labute approximate surface area is 179 Å². The molecular formula is C20H32IN3O3. The summed E-state index contributed by atoms with van der Waals surface area (Å²) in [6, 6.07) is 4.01. The number of nitrogens with one attached hydrogen (secondary N) is 1. The van der Waals surface area contributed by atoms with Crippen LogP contribution in [0.3, 0.4) is 0 Å². The Morgan fingerprint density at radius 3 is 2.56 bits per heavy atom. The van der Waals surface area contributed by atoms with Gasteiger partial charge in [0.05, 0.1) is 19.3 Å². The van der Waals surface area contributed by atoms with E-state index in [0.717, 1.165) is 61.7 Å². The number of aliphatic imine (C=N–C) groups is 1. The fourth-order valence-electron chi connectivity index (χ4n) is 3.72. The maximum atomic E-state index is 9.95. The van der Waals surface area contributed by atoms with E-state index in [1.54, 1.807) is 0 Å². The third-order valence-electron chi connectivity index (χ3n) is 5.07. The molecule has 0 saturated carbocycles. The van der Waals surface area contributed by atoms with Crippen LogP contribution in [0.1, 0.15) is 36.5 Å². The topological polar surface area (TPSA) is 66.3 Å². The summed E-state index contributed by atoms with van der Waals surface area (Å²) in [7, 11) is 0. The number of aromatic hydroxyl groups is 1. The number of aryl methyl sites for hydroxylation is 2. The number of nitrogens with zero attached hydrogens (tertiary/aromatic N) is 2. The standard InChI is InChI=1S/C20H31N3O3.HI/c1-4-21-20(22-12-16-10-14(2)19(24)15(3)11-16)23-7-9-26-18(13-23)17-6-5-8-25-17;/h10-11,17-18,24H,4-9,12-13H2,1-3H3,(H,21,22);1H. The fraction of sp³-hybridized carbons (Fsp3) is 0.650. The first-order valence-corrected chi connectivity index (χ1v) is 9.64. The van der Waals surface area contributed by atoms with Crippen molar-refractivity contribution in [1.82, 2.24) is 10.2 Å². The molecule has 2 atom stereocenters. The van der Waals surface area contributed by atoms with Crippen LogP contribution in [0.2, 0.25) is 0 Å². The first-order valence-electron chi connectivity index (χ1n) is 9.64. The number of benzene rings is 1. The predicted octanol–water partition coefficient (Wildman–Crippen LogP) is 2.97. The molecule has 2 unspecified atom stereocenters. The minimum absolute atomic E-state index is 0. The lowest BCUT2D eigenvalue weighted by Gasteiger charge is -2.37. The van der Waals surface area contributed by atoms with Crippen molar-refractivity contribution in [2.24, 2.45) is 4.99 Å². The summed E-state index contributed by atoms with van der Waals surface area (Å²) >= 11 is 0. The van der Waals surface area contributed by atoms with Gasteiger partial charge >= 0.3 is 0 Å². The molecule has 6 nitrogen and oxygen atoms in total. The van der Waals surface area contributed by atoms with Gasteiger partial charge in [-0.1, -0.05) is 12.1 Å². The molecule has 2 saturated heterocycles. The molecule has 1 aromatic rings. The average Bonchev–Trinajstić information content (AvgIpc) is 3.18. The zero-order chi connectivity index (χ0) is 18.5. The summed E-state index contributed by atoms with van der Waals surface area (Å²) in [6.07, 6.45) is 2.53. The van der Waals surface area contributed by atoms with Gasteiger partial charge in [0.2, 0.25) is 0 Å². The monoisotopic (exact) mass is 489 g/mol. The van der Waals surface area contributed by atoms with Gasteiger partial charge < -0.3 is 24.8 Å². The second-order valence-corrected chi connectivity index (χ2v) is 7.16. The lowest BCUT2D eigenvalue weighted by Crippen LogP contribution is -2.53. The van der Waals surface area contributed by atoms with Crippen molar-refractivity contribution in [2.75, 3.05) is 32.8 Å². The molecule has 2 aliphatic rings. The van der Waals surface area contributed by atoms with Crippen LogP contribution in [-0.4, -0.2) is 61.0 Å². The van der Waals surface area contributed by atoms with E-state index >= 15 is 0 Å². The van der Waals surface area contributed by atoms with E-state index in [9.17, 15) is 5.11 Å². The number of hydrogen-bond donors (Lipinski definition) is 2. The van der Waals surface area contributed by atoms with Crippen molar-refractivity contribution in [3.05, 3.63) is 28.8 Å². The highest BCUT2D eigenvalue weighted by Gasteiger charge is 2.32. The molecule has 0 aromatic heterocycles. The highest BCUT2D eigenvalue weighted by atomic mass is 127. The summed E-state index contributed by atoms with van der Waals surface area (Å²) < 4.78 is 11.8. The molecule has 0 radical (unpaired) electrons. The van der Waals surface area contributed by atoms with Gasteiger partial charge in [-0.3, -0.25) is 0 Å². The van der Waals surface area contributed by atoms with Gasteiger partial charge in [-0.25, -0.2) is 4.99 Å². The maximum Gasteiger partial charge on any atom is 0.194 e. The summed E-state index contributed by atoms with van der Waals surface area (Å²) in [5.74, 6) is 1.29. The van der Waals surface area contributed by atoms with E-state index in [0.29, 0.717) is 18.9 Å². The Morgan fingerprint density at radius 2 is 1.93 bits per heavy atom. The van der Waals surface area contributed by atoms with Gasteiger partial charge in [0.15, 0.2) is 5.96 Å². The maximum absolute atomic E-state index is 9.95. The number of ether oxygens (including phenoxy) is 2. The van der Waals surface area contributed by atoms with Crippen molar-refractivity contribution in [1.29, 1.82) is 0 Å². The smallest absolute Gasteiger partial charge is 0.194 e. The Balaban J connectivity index is 0.00000261. The molecule has 0 amide bonds. The van der Waals surface area contributed by atoms with Crippen LogP contribution in [0.4, 0.5) is 0 Å². The highest BCUT2D eigenvalue weighted by molar-refractivity contribution is 14.0. The van der Waals surface area contributed by atoms with E-state index in [-0.39, 0.29) is 36.2 Å². The van der Waals surface area contributed by atoms with Crippen molar-refractivity contribution < 1.29 is 14.6 Å². The third-order valence-corrected chi connectivity index (χ3v) is 5.07. The lowest BCUT2D eigenvalue weighted by atomic mass is 10.1. The second kappa shape index (κ2) is 10.5. The fourth-order valence-corrected chi connectivity index (χ4v) is 3.72. The van der Waals surface area contributed by atoms with Crippen LogP contribution in [-0.2, 0) is 16.0 Å². The van der Waals surface area contributed by atoms with Gasteiger partial charge in [0.1, 0.15) is 11.9 Å². The number of hydrogen-bond acceptors (Lipinski definition) is 4. The quantitative estimate of drug-likeness (QED) is 0.387. The van der Waals surface area contributed by atoms with Gasteiger partial charge in [-0.15, -0.1) is 24.0 Å². The number of rotatable bonds is 4. The summed E-state index contributed by atoms with van der Waals surface area (Å²) in [4.78, 5) is 7.11. The molecule has 0 spiro atoms. The molecule has 152 valence electrons. The predicted molar refractivity (Wildman–Crippen MR) is 118 cm³/mol. The van der Waals surface area contributed by atoms with Crippen LogP contribution < -0.4 is 5.32 Å². The van der Waals surface area contributed by atoms with Gasteiger partial charge in [0.25, 0.3) is 0 Å². The molecular weight excluding hydrogens is 457 g/mol. The van der Waals surface area contributed by atoms with Crippen molar-refractivity contribution in [2.45, 2.75) is 52.4 Å². The van der Waals surface area contributed by atoms with Crippen LogP contribution in [0.5, 0.6) is 5.75 Å². The number of phenols is 1. The van der Waals surface area contributed by atoms with E-state index in [4.69, 9.17) is 14.5 Å². The van der Waals surface area contributed by atoms with E-state index < -0.39 is 0 Å². The Kier molecular flexibility index (Phi) is 8.62. The minimum Gasteiger partial charge on any atom is -0.507 e. The van der Waals surface area contributed by atoms with E-state index in [1.165, 1.54) is 0 Å². The first-order chi connectivity index (χ1) is 12.6. The highest BCUT2D eigenvalue weighted by Crippen LogP contribution is 2.24. The molecule has 2 N–H and O–H groups in total. The normalized spacial score (nSPS) is 23.2. The SMILES string of the molecule is CCNC(=NCc1cc(C)c(O)c(C)c1)N1CCOC(C2CCCO2)C1.I. The molecule has 2 aliphatic heterocycles. The van der Waals surface area contributed by atoms with Gasteiger partial charge in [-0.2, -0.15) is 0 Å². The van der Waals surface area contributed by atoms with Crippen LogP contribution in [0.25, 0.3) is 0 Å². The van der Waals surface area contributed by atoms with Crippen molar-refractivity contribution in [3.8, 4) is 5.75 Å². The largest absolute Gasteiger partial charge is 0.507 e. The number of morpholine rings is 1. The Bertz CT molecular complexity index is 624. The molecule has 0 bridgehead atoms. The minimum atomic E-state index is 0. The Hall–Kier alpha value is -1.06. The molecule has 27 heavy (non-hydrogen) atoms. The molecule has 0 aliphatic carbocycles. The average molecular weight is 489 g/mol. The van der Waals surface area contributed by atoms with E-state index in [2.05, 4.69) is 17.1 Å². The summed E-state index contributed by atoms with van der Waals surface area (Å²) in [5.41, 5.74) is 2.90.